The second-order valence-corrected chi connectivity index (χ2v) is 14.0. The number of rotatable bonds is 16. The molecule has 45 heavy (non-hydrogen) atoms. The van der Waals surface area contributed by atoms with Crippen molar-refractivity contribution in [3.8, 4) is 0 Å². The smallest absolute Gasteiger partial charge is 0.408 e. The van der Waals surface area contributed by atoms with Crippen molar-refractivity contribution in [3.05, 3.63) is 48.0 Å². The molecule has 6 N–H and O–H groups in total. The number of amides is 4. The number of hydrogen-bond donors (Lipinski definition) is 6. The SMILES string of the molecule is C=CC[C@H](NC(=O)[C@H](CCSC)NC(=O)[C@@H](NC(=O)OC(C)(C)C)C(C)C)[C@@H](O)C[C@@H](C)C(=O)N[C@H]1c2ccccc2C[C@H]1O. The summed E-state index contributed by atoms with van der Waals surface area (Å²) >= 11 is 1.51. The zero-order valence-corrected chi connectivity index (χ0v) is 28.4. The molecule has 0 spiro atoms. The molecule has 11 nitrogen and oxygen atoms in total. The van der Waals surface area contributed by atoms with Crippen molar-refractivity contribution in [1.29, 1.82) is 0 Å². The summed E-state index contributed by atoms with van der Waals surface area (Å²) in [6.45, 7) is 14.2. The van der Waals surface area contributed by atoms with Crippen molar-refractivity contribution < 1.29 is 34.1 Å². The third kappa shape index (κ3) is 12.0. The number of nitrogens with one attached hydrogen (secondary N) is 4. The Kier molecular flexibility index (Phi) is 14.9. The molecule has 2 rings (SSSR count). The summed E-state index contributed by atoms with van der Waals surface area (Å²) in [4.78, 5) is 52.2. The van der Waals surface area contributed by atoms with Crippen LogP contribution in [0.3, 0.4) is 0 Å². The monoisotopic (exact) mass is 648 g/mol. The lowest BCUT2D eigenvalue weighted by Crippen LogP contribution is -2.57. The normalized spacial score (nSPS) is 19.3. The molecule has 0 fully saturated rings. The molecule has 0 aromatic heterocycles. The minimum absolute atomic E-state index is 0.0478. The van der Waals surface area contributed by atoms with E-state index in [1.807, 2.05) is 30.5 Å². The molecule has 0 radical (unpaired) electrons. The van der Waals surface area contributed by atoms with Gasteiger partial charge in [-0.1, -0.05) is 51.1 Å². The number of alkyl carbamates (subject to hydrolysis) is 1. The van der Waals surface area contributed by atoms with Crippen LogP contribution in [0.2, 0.25) is 0 Å². The maximum atomic E-state index is 13.5. The number of carbonyl (C=O) groups excluding carboxylic acids is 4. The standard InChI is InChI=1S/C33H52N4O7S/c1-9-12-23(25(38)17-20(4)29(40)36-28-22-14-11-10-13-21(22)18-26(28)39)34-30(41)24(15-16-45-8)35-31(42)27(19(2)3)37-32(43)44-33(5,6)7/h9-11,13-14,19-20,23-28,38-39H,1,12,15-18H2,2-8H3,(H,34,41)(H,35,42)(H,36,40)(H,37,43)/t20-,23+,24+,25+,26-,27+,28+/m1/s1. The van der Waals surface area contributed by atoms with Gasteiger partial charge >= 0.3 is 6.09 Å². The van der Waals surface area contributed by atoms with Gasteiger partial charge in [0.25, 0.3) is 0 Å². The van der Waals surface area contributed by atoms with Gasteiger partial charge in [0, 0.05) is 12.3 Å². The molecule has 252 valence electrons. The minimum Gasteiger partial charge on any atom is -0.444 e. The van der Waals surface area contributed by atoms with Crippen LogP contribution in [0.15, 0.2) is 36.9 Å². The predicted octanol–water partition coefficient (Wildman–Crippen LogP) is 3.00. The molecule has 0 saturated heterocycles. The van der Waals surface area contributed by atoms with Gasteiger partial charge in [-0.25, -0.2) is 4.79 Å². The quantitative estimate of drug-likeness (QED) is 0.149. The Morgan fingerprint density at radius 2 is 1.73 bits per heavy atom. The van der Waals surface area contributed by atoms with E-state index in [1.54, 1.807) is 47.6 Å². The number of aliphatic hydroxyl groups is 2. The van der Waals surface area contributed by atoms with Gasteiger partial charge in [0.2, 0.25) is 17.7 Å². The first-order valence-electron chi connectivity index (χ1n) is 15.5. The van der Waals surface area contributed by atoms with E-state index in [2.05, 4.69) is 27.8 Å². The maximum absolute atomic E-state index is 13.5. The highest BCUT2D eigenvalue weighted by atomic mass is 32.2. The fourth-order valence-corrected chi connectivity index (χ4v) is 5.66. The Hall–Kier alpha value is -3.09. The molecule has 12 heteroatoms. The molecule has 0 aliphatic heterocycles. The first kappa shape index (κ1) is 38.1. The summed E-state index contributed by atoms with van der Waals surface area (Å²) < 4.78 is 5.31. The number of benzene rings is 1. The maximum Gasteiger partial charge on any atom is 0.408 e. The molecule has 1 aromatic rings. The second-order valence-electron chi connectivity index (χ2n) is 13.0. The van der Waals surface area contributed by atoms with E-state index in [1.165, 1.54) is 11.8 Å². The predicted molar refractivity (Wildman–Crippen MR) is 176 cm³/mol. The zero-order valence-electron chi connectivity index (χ0n) is 27.6. The highest BCUT2D eigenvalue weighted by Gasteiger charge is 2.35. The van der Waals surface area contributed by atoms with Crippen molar-refractivity contribution in [2.45, 2.75) is 109 Å². The van der Waals surface area contributed by atoms with E-state index in [-0.39, 0.29) is 24.7 Å². The van der Waals surface area contributed by atoms with E-state index in [0.717, 1.165) is 11.1 Å². The number of ether oxygens (including phenoxy) is 1. The highest BCUT2D eigenvalue weighted by molar-refractivity contribution is 7.98. The Labute approximate surface area is 271 Å². The van der Waals surface area contributed by atoms with Gasteiger partial charge in [-0.3, -0.25) is 14.4 Å². The highest BCUT2D eigenvalue weighted by Crippen LogP contribution is 2.31. The van der Waals surface area contributed by atoms with Crippen molar-refractivity contribution in [2.24, 2.45) is 11.8 Å². The van der Waals surface area contributed by atoms with Gasteiger partial charge in [-0.2, -0.15) is 11.8 Å². The van der Waals surface area contributed by atoms with Crippen LogP contribution in [-0.2, 0) is 25.5 Å². The molecule has 1 aliphatic rings. The fraction of sp³-hybridized carbons (Fsp3) is 0.636. The number of carbonyl (C=O) groups is 4. The van der Waals surface area contributed by atoms with Crippen LogP contribution >= 0.6 is 11.8 Å². The van der Waals surface area contributed by atoms with Crippen molar-refractivity contribution in [3.63, 3.8) is 0 Å². The summed E-state index contributed by atoms with van der Waals surface area (Å²) in [7, 11) is 0. The average Bonchev–Trinajstić information content (AvgIpc) is 3.26. The van der Waals surface area contributed by atoms with Crippen molar-refractivity contribution in [2.75, 3.05) is 12.0 Å². The van der Waals surface area contributed by atoms with Crippen LogP contribution in [-0.4, -0.2) is 82.0 Å². The van der Waals surface area contributed by atoms with Gasteiger partial charge in [-0.05, 0) is 69.1 Å². The molecule has 7 atom stereocenters. The van der Waals surface area contributed by atoms with E-state index in [4.69, 9.17) is 4.74 Å². The third-order valence-corrected chi connectivity index (χ3v) is 8.27. The molecular weight excluding hydrogens is 596 g/mol. The number of thioether (sulfide) groups is 1. The molecule has 0 saturated carbocycles. The third-order valence-electron chi connectivity index (χ3n) is 7.62. The van der Waals surface area contributed by atoms with Gasteiger partial charge in [0.05, 0.1) is 24.3 Å². The van der Waals surface area contributed by atoms with Gasteiger partial charge in [0.1, 0.15) is 17.7 Å². The summed E-state index contributed by atoms with van der Waals surface area (Å²) in [5.41, 5.74) is 1.12. The molecule has 0 heterocycles. The lowest BCUT2D eigenvalue weighted by molar-refractivity contribution is -0.131. The van der Waals surface area contributed by atoms with Crippen LogP contribution in [0.5, 0.6) is 0 Å². The van der Waals surface area contributed by atoms with Crippen LogP contribution in [0, 0.1) is 11.8 Å². The number of fused-ring (bicyclic) bond motifs is 1. The minimum atomic E-state index is -1.09. The molecular formula is C33H52N4O7S. The second kappa shape index (κ2) is 17.6. The summed E-state index contributed by atoms with van der Waals surface area (Å²) in [5.74, 6) is -1.68. The topological polar surface area (TPSA) is 166 Å². The molecule has 0 unspecified atom stereocenters. The Morgan fingerprint density at radius 3 is 2.33 bits per heavy atom. The summed E-state index contributed by atoms with van der Waals surface area (Å²) in [6.07, 6.45) is 1.94. The molecule has 0 bridgehead atoms. The average molecular weight is 649 g/mol. The van der Waals surface area contributed by atoms with Crippen molar-refractivity contribution in [1.82, 2.24) is 21.3 Å². The lowest BCUT2D eigenvalue weighted by atomic mass is 9.95. The van der Waals surface area contributed by atoms with Crippen LogP contribution in [0.25, 0.3) is 0 Å². The van der Waals surface area contributed by atoms with E-state index in [0.29, 0.717) is 18.6 Å². The molecule has 4 amide bonds. The van der Waals surface area contributed by atoms with E-state index < -0.39 is 65.8 Å². The van der Waals surface area contributed by atoms with Crippen LogP contribution in [0.4, 0.5) is 4.79 Å². The van der Waals surface area contributed by atoms with Crippen LogP contribution < -0.4 is 21.3 Å². The Balaban J connectivity index is 2.07. The van der Waals surface area contributed by atoms with Gasteiger partial charge in [-0.15, -0.1) is 6.58 Å². The lowest BCUT2D eigenvalue weighted by Gasteiger charge is -2.29. The van der Waals surface area contributed by atoms with Gasteiger partial charge in [0.15, 0.2) is 0 Å². The Bertz CT molecular complexity index is 1170. The Morgan fingerprint density at radius 1 is 1.07 bits per heavy atom. The summed E-state index contributed by atoms with van der Waals surface area (Å²) in [5, 5.41) is 32.8. The molecule has 1 aliphatic carbocycles. The number of hydrogen-bond acceptors (Lipinski definition) is 8. The molecule has 1 aromatic carbocycles. The first-order chi connectivity index (χ1) is 21.1. The van der Waals surface area contributed by atoms with Gasteiger partial charge < -0.3 is 36.2 Å². The largest absolute Gasteiger partial charge is 0.444 e. The van der Waals surface area contributed by atoms with E-state index >= 15 is 0 Å². The first-order valence-corrected chi connectivity index (χ1v) is 16.9. The number of aliphatic hydroxyl groups excluding tert-OH is 2. The fourth-order valence-electron chi connectivity index (χ4n) is 5.19. The van der Waals surface area contributed by atoms with E-state index in [9.17, 15) is 29.4 Å². The van der Waals surface area contributed by atoms with Crippen LogP contribution in [0.1, 0.15) is 78.0 Å². The van der Waals surface area contributed by atoms with Crippen molar-refractivity contribution >= 4 is 35.6 Å². The summed E-state index contributed by atoms with van der Waals surface area (Å²) in [6, 6.07) is 4.39. The zero-order chi connectivity index (χ0) is 33.9.